The lowest BCUT2D eigenvalue weighted by Crippen LogP contribution is -2.48. The van der Waals surface area contributed by atoms with E-state index in [4.69, 9.17) is 9.47 Å². The third kappa shape index (κ3) is 4.39. The van der Waals surface area contributed by atoms with Gasteiger partial charge in [-0.15, -0.1) is 0 Å². The van der Waals surface area contributed by atoms with Crippen LogP contribution in [0.3, 0.4) is 0 Å². The topological polar surface area (TPSA) is 85.6 Å². The van der Waals surface area contributed by atoms with Gasteiger partial charge in [0.1, 0.15) is 11.6 Å². The van der Waals surface area contributed by atoms with E-state index in [1.165, 1.54) is 0 Å². The van der Waals surface area contributed by atoms with Crippen LogP contribution in [0, 0.1) is 20.8 Å². The number of fused-ring (bicyclic) bond motifs is 1. The first-order chi connectivity index (χ1) is 16.0. The second-order valence-electron chi connectivity index (χ2n) is 8.23. The quantitative estimate of drug-likeness (QED) is 0.570. The van der Waals surface area contributed by atoms with Gasteiger partial charge in [0.15, 0.2) is 17.3 Å². The highest BCUT2D eigenvalue weighted by atomic mass is 16.7. The number of amides is 1. The molecule has 1 aromatic carbocycles. The molecule has 1 amide bonds. The molecule has 2 aliphatic heterocycles. The van der Waals surface area contributed by atoms with E-state index < -0.39 is 0 Å². The van der Waals surface area contributed by atoms with Gasteiger partial charge in [0.25, 0.3) is 0 Å². The third-order valence-corrected chi connectivity index (χ3v) is 5.77. The fraction of sp³-hybridized carbons (Fsp3) is 0.333. The minimum atomic E-state index is -0.00508. The molecule has 9 nitrogen and oxygen atoms in total. The number of piperazine rings is 1. The number of aryl methyl sites for hydroxylation is 3. The molecule has 0 atom stereocenters. The highest BCUT2D eigenvalue weighted by Gasteiger charge is 2.22. The first kappa shape index (κ1) is 21.0. The lowest BCUT2D eigenvalue weighted by Gasteiger charge is -2.35. The molecule has 33 heavy (non-hydrogen) atoms. The predicted molar refractivity (Wildman–Crippen MR) is 124 cm³/mol. The zero-order valence-corrected chi connectivity index (χ0v) is 19.0. The van der Waals surface area contributed by atoms with Crippen LogP contribution in [0.15, 0.2) is 36.4 Å². The van der Waals surface area contributed by atoms with Gasteiger partial charge in [0, 0.05) is 44.0 Å². The van der Waals surface area contributed by atoms with E-state index in [9.17, 15) is 4.79 Å². The maximum atomic E-state index is 12.7. The molecule has 2 aromatic heterocycles. The van der Waals surface area contributed by atoms with Gasteiger partial charge in [0.05, 0.1) is 5.69 Å². The molecule has 2 aliphatic rings. The third-order valence-electron chi connectivity index (χ3n) is 5.77. The smallest absolute Gasteiger partial charge is 0.246 e. The van der Waals surface area contributed by atoms with Crippen molar-refractivity contribution < 1.29 is 14.3 Å². The molecule has 0 spiro atoms. The maximum absolute atomic E-state index is 12.7. The van der Waals surface area contributed by atoms with Crippen molar-refractivity contribution in [1.29, 1.82) is 0 Å². The Morgan fingerprint density at radius 1 is 0.939 bits per heavy atom. The first-order valence-corrected chi connectivity index (χ1v) is 11.0. The van der Waals surface area contributed by atoms with Gasteiger partial charge in [-0.05, 0) is 50.6 Å². The van der Waals surface area contributed by atoms with Gasteiger partial charge in [-0.1, -0.05) is 6.07 Å². The first-order valence-electron chi connectivity index (χ1n) is 11.0. The van der Waals surface area contributed by atoms with Gasteiger partial charge in [-0.25, -0.2) is 14.6 Å². The van der Waals surface area contributed by atoms with E-state index in [0.29, 0.717) is 37.8 Å². The number of nitrogens with zero attached hydrogens (tertiary/aromatic N) is 6. The van der Waals surface area contributed by atoms with Crippen molar-refractivity contribution in [3.05, 3.63) is 59.2 Å². The normalized spacial score (nSPS) is 15.5. The summed E-state index contributed by atoms with van der Waals surface area (Å²) in [5.74, 6) is 3.74. The zero-order valence-electron chi connectivity index (χ0n) is 19.0. The summed E-state index contributed by atoms with van der Waals surface area (Å²) < 4.78 is 12.6. The Bertz CT molecular complexity index is 1230. The highest BCUT2D eigenvalue weighted by molar-refractivity contribution is 5.92. The van der Waals surface area contributed by atoms with Crippen LogP contribution in [0.4, 0.5) is 5.82 Å². The molecule has 3 aromatic rings. The number of carbonyl (C=O) groups is 1. The molecule has 9 heteroatoms. The van der Waals surface area contributed by atoms with Gasteiger partial charge >= 0.3 is 0 Å². The van der Waals surface area contributed by atoms with Crippen LogP contribution in [-0.2, 0) is 4.79 Å². The minimum Gasteiger partial charge on any atom is -0.454 e. The average Bonchev–Trinajstić information content (AvgIpc) is 3.42. The molecule has 0 radical (unpaired) electrons. The van der Waals surface area contributed by atoms with Crippen LogP contribution in [0.2, 0.25) is 0 Å². The largest absolute Gasteiger partial charge is 0.454 e. The molecule has 0 saturated carbocycles. The molecule has 0 unspecified atom stereocenters. The number of rotatable bonds is 4. The van der Waals surface area contributed by atoms with E-state index in [1.807, 2.05) is 66.8 Å². The maximum Gasteiger partial charge on any atom is 0.246 e. The second-order valence-corrected chi connectivity index (χ2v) is 8.23. The highest BCUT2D eigenvalue weighted by Crippen LogP contribution is 2.32. The number of carbonyl (C=O) groups excluding carboxylic acids is 1. The van der Waals surface area contributed by atoms with E-state index in [-0.39, 0.29) is 12.7 Å². The van der Waals surface area contributed by atoms with E-state index in [0.717, 1.165) is 34.3 Å². The van der Waals surface area contributed by atoms with Crippen molar-refractivity contribution in [3.63, 3.8) is 0 Å². The van der Waals surface area contributed by atoms with Crippen LogP contribution in [-0.4, -0.2) is 63.5 Å². The van der Waals surface area contributed by atoms with E-state index >= 15 is 0 Å². The molecule has 170 valence electrons. The Hall–Kier alpha value is -3.88. The van der Waals surface area contributed by atoms with Gasteiger partial charge in [0.2, 0.25) is 12.7 Å². The summed E-state index contributed by atoms with van der Waals surface area (Å²) >= 11 is 0. The van der Waals surface area contributed by atoms with E-state index in [2.05, 4.69) is 20.0 Å². The molecule has 1 fully saturated rings. The van der Waals surface area contributed by atoms with Crippen molar-refractivity contribution in [2.45, 2.75) is 20.8 Å². The van der Waals surface area contributed by atoms with Gasteiger partial charge in [-0.2, -0.15) is 5.10 Å². The Balaban J connectivity index is 1.24. The number of hydrogen-bond acceptors (Lipinski definition) is 7. The summed E-state index contributed by atoms with van der Waals surface area (Å²) in [4.78, 5) is 25.9. The predicted octanol–water partition coefficient (Wildman–Crippen LogP) is 2.68. The number of hydrogen-bond donors (Lipinski definition) is 0. The Morgan fingerprint density at radius 2 is 1.70 bits per heavy atom. The van der Waals surface area contributed by atoms with Crippen LogP contribution in [0.1, 0.15) is 22.8 Å². The summed E-state index contributed by atoms with van der Waals surface area (Å²) in [6.45, 7) is 8.77. The summed E-state index contributed by atoms with van der Waals surface area (Å²) in [5.41, 5.74) is 2.88. The number of ether oxygens (including phenoxy) is 2. The van der Waals surface area contributed by atoms with Gasteiger partial charge in [-0.3, -0.25) is 4.79 Å². The van der Waals surface area contributed by atoms with Gasteiger partial charge < -0.3 is 19.3 Å². The molecule has 1 saturated heterocycles. The van der Waals surface area contributed by atoms with Crippen molar-refractivity contribution in [3.8, 4) is 17.3 Å². The van der Waals surface area contributed by atoms with Crippen molar-refractivity contribution in [2.75, 3.05) is 37.9 Å². The fourth-order valence-corrected chi connectivity index (χ4v) is 4.11. The lowest BCUT2D eigenvalue weighted by atomic mass is 10.2. The molecular weight excluding hydrogens is 420 g/mol. The summed E-state index contributed by atoms with van der Waals surface area (Å²) in [6, 6.07) is 9.63. The van der Waals surface area contributed by atoms with Crippen LogP contribution in [0.5, 0.6) is 11.5 Å². The van der Waals surface area contributed by atoms with Crippen LogP contribution in [0.25, 0.3) is 11.9 Å². The Kier molecular flexibility index (Phi) is 5.45. The number of anilines is 1. The standard InChI is InChI=1S/C24H26N6O3/c1-16-12-17(2)30(27-16)23-14-22(25-18(3)26-23)28-8-10-29(11-9-28)24(31)7-5-19-4-6-20-21(13-19)33-15-32-20/h4-7,12-14H,8-11,15H2,1-3H3/b7-5+. The molecule has 0 N–H and O–H groups in total. The number of benzene rings is 1. The fourth-order valence-electron chi connectivity index (χ4n) is 4.11. The summed E-state index contributed by atoms with van der Waals surface area (Å²) in [5, 5.41) is 4.54. The summed E-state index contributed by atoms with van der Waals surface area (Å²) in [7, 11) is 0. The van der Waals surface area contributed by atoms with Crippen molar-refractivity contribution in [1.82, 2.24) is 24.6 Å². The molecular formula is C24H26N6O3. The average molecular weight is 447 g/mol. The van der Waals surface area contributed by atoms with Crippen LogP contribution >= 0.6 is 0 Å². The van der Waals surface area contributed by atoms with Crippen molar-refractivity contribution >= 4 is 17.8 Å². The Morgan fingerprint density at radius 3 is 2.45 bits per heavy atom. The zero-order chi connectivity index (χ0) is 22.9. The van der Waals surface area contributed by atoms with E-state index in [1.54, 1.807) is 6.08 Å². The lowest BCUT2D eigenvalue weighted by molar-refractivity contribution is -0.126. The second kappa shape index (κ2) is 8.57. The van der Waals surface area contributed by atoms with Crippen molar-refractivity contribution in [2.24, 2.45) is 0 Å². The SMILES string of the molecule is Cc1cc(C)n(-c2cc(N3CCN(C(=O)/C=C/c4ccc5c(c4)OCO5)CC3)nc(C)n2)n1. The summed E-state index contributed by atoms with van der Waals surface area (Å²) in [6.07, 6.45) is 3.42. The monoisotopic (exact) mass is 446 g/mol. The Labute approximate surface area is 192 Å². The molecule has 5 rings (SSSR count). The minimum absolute atomic E-state index is 0.00508. The molecule has 0 bridgehead atoms. The molecule has 0 aliphatic carbocycles. The van der Waals surface area contributed by atoms with Crippen LogP contribution < -0.4 is 14.4 Å². The molecule has 4 heterocycles. The number of aromatic nitrogens is 4.